The molecule has 1 aliphatic rings. The van der Waals surface area contributed by atoms with Crippen molar-refractivity contribution in [2.24, 2.45) is 0 Å². The first-order valence-electron chi connectivity index (χ1n) is 5.51. The molecule has 0 unspecified atom stereocenters. The van der Waals surface area contributed by atoms with Crippen LogP contribution < -0.4 is 10.7 Å². The van der Waals surface area contributed by atoms with E-state index in [0.717, 1.165) is 0 Å². The fraction of sp³-hybridized carbons (Fsp3) is 0.333. The van der Waals surface area contributed by atoms with E-state index < -0.39 is 5.54 Å². The van der Waals surface area contributed by atoms with Gasteiger partial charge in [0.15, 0.2) is 5.11 Å². The smallest absolute Gasteiger partial charge is 0.274 e. The molecule has 2 N–H and O–H groups in total. The van der Waals surface area contributed by atoms with E-state index >= 15 is 0 Å². The molecular formula is C12H14ClN3OS. The Morgan fingerprint density at radius 1 is 1.33 bits per heavy atom. The number of fused-ring (bicyclic) bond motifs is 1. The molecule has 0 spiro atoms. The molecule has 0 atom stereocenters. The predicted molar refractivity (Wildman–Crippen MR) is 76.7 cm³/mol. The fourth-order valence-corrected chi connectivity index (χ4v) is 2.07. The van der Waals surface area contributed by atoms with Crippen molar-refractivity contribution in [2.45, 2.75) is 26.3 Å². The number of amides is 1. The van der Waals surface area contributed by atoms with Crippen LogP contribution in [0.25, 0.3) is 0 Å². The Morgan fingerprint density at radius 2 is 2.00 bits per heavy atom. The Hall–Kier alpha value is -1.33. The van der Waals surface area contributed by atoms with Gasteiger partial charge in [-0.15, -0.1) is 0 Å². The molecule has 0 saturated heterocycles. The highest BCUT2D eigenvalue weighted by atomic mass is 35.5. The molecule has 96 valence electrons. The number of hydrogen-bond acceptors (Lipinski definition) is 2. The van der Waals surface area contributed by atoms with Crippen LogP contribution in [0, 0.1) is 0 Å². The van der Waals surface area contributed by atoms with Crippen molar-refractivity contribution >= 4 is 40.5 Å². The average Bonchev–Trinajstić information content (AvgIpc) is 2.37. The molecule has 0 radical (unpaired) electrons. The maximum atomic E-state index is 12.5. The van der Waals surface area contributed by atoms with E-state index in [1.807, 2.05) is 20.8 Å². The summed E-state index contributed by atoms with van der Waals surface area (Å²) in [5.74, 6) is -0.160. The molecule has 1 heterocycles. The van der Waals surface area contributed by atoms with E-state index in [1.54, 1.807) is 18.2 Å². The Labute approximate surface area is 116 Å². The lowest BCUT2D eigenvalue weighted by Gasteiger charge is -2.34. The predicted octanol–water partition coefficient (Wildman–Crippen LogP) is 2.80. The molecule has 0 saturated carbocycles. The van der Waals surface area contributed by atoms with Gasteiger partial charge in [-0.1, -0.05) is 11.6 Å². The lowest BCUT2D eigenvalue weighted by Crippen LogP contribution is -2.55. The lowest BCUT2D eigenvalue weighted by molar-refractivity contribution is 0.0505. The van der Waals surface area contributed by atoms with Crippen molar-refractivity contribution in [1.29, 1.82) is 0 Å². The van der Waals surface area contributed by atoms with E-state index in [4.69, 9.17) is 23.8 Å². The summed E-state index contributed by atoms with van der Waals surface area (Å²) in [5, 5.41) is 5.39. The Morgan fingerprint density at radius 3 is 2.61 bits per heavy atom. The number of nitrogens with one attached hydrogen (secondary N) is 2. The minimum absolute atomic E-state index is 0.160. The lowest BCUT2D eigenvalue weighted by atomic mass is 10.1. The van der Waals surface area contributed by atoms with E-state index in [2.05, 4.69) is 10.7 Å². The fourth-order valence-electron chi connectivity index (χ4n) is 1.70. The van der Waals surface area contributed by atoms with Crippen LogP contribution in [-0.4, -0.2) is 21.6 Å². The summed E-state index contributed by atoms with van der Waals surface area (Å²) in [6.07, 6.45) is 0. The summed E-state index contributed by atoms with van der Waals surface area (Å²) >= 11 is 11.1. The molecule has 1 amide bonds. The van der Waals surface area contributed by atoms with Crippen molar-refractivity contribution in [3.8, 4) is 0 Å². The second-order valence-corrected chi connectivity index (χ2v) is 5.91. The third kappa shape index (κ3) is 2.42. The zero-order chi connectivity index (χ0) is 13.5. The van der Waals surface area contributed by atoms with Gasteiger partial charge in [0.2, 0.25) is 0 Å². The van der Waals surface area contributed by atoms with Crippen LogP contribution >= 0.6 is 23.8 Å². The van der Waals surface area contributed by atoms with E-state index in [1.165, 1.54) is 5.01 Å². The maximum Gasteiger partial charge on any atom is 0.274 e. The number of anilines is 1. The summed E-state index contributed by atoms with van der Waals surface area (Å²) < 4.78 is 0. The summed E-state index contributed by atoms with van der Waals surface area (Å²) in [6, 6.07) is 5.10. The molecule has 1 aromatic carbocycles. The summed E-state index contributed by atoms with van der Waals surface area (Å²) in [4.78, 5) is 12.5. The molecule has 1 aliphatic heterocycles. The molecule has 0 aliphatic carbocycles. The normalized spacial score (nSPS) is 15.7. The van der Waals surface area contributed by atoms with Crippen molar-refractivity contribution in [3.63, 3.8) is 0 Å². The minimum atomic E-state index is -0.396. The second-order valence-electron chi connectivity index (χ2n) is 5.07. The van der Waals surface area contributed by atoms with Gasteiger partial charge >= 0.3 is 0 Å². The first kappa shape index (κ1) is 13.1. The van der Waals surface area contributed by atoms with Crippen LogP contribution in [0.4, 0.5) is 5.69 Å². The van der Waals surface area contributed by atoms with Gasteiger partial charge in [0, 0.05) is 5.02 Å². The molecular weight excluding hydrogens is 270 g/mol. The van der Waals surface area contributed by atoms with E-state index in [0.29, 0.717) is 21.4 Å². The molecule has 0 fully saturated rings. The number of nitrogens with zero attached hydrogens (tertiary/aromatic N) is 1. The van der Waals surface area contributed by atoms with Crippen molar-refractivity contribution in [3.05, 3.63) is 28.8 Å². The van der Waals surface area contributed by atoms with Gasteiger partial charge in [-0.05, 0) is 51.2 Å². The molecule has 2 rings (SSSR count). The van der Waals surface area contributed by atoms with Gasteiger partial charge in [0.25, 0.3) is 5.91 Å². The Bertz CT molecular complexity index is 525. The number of carbonyl (C=O) groups excluding carboxylic acids is 1. The highest BCUT2D eigenvalue weighted by Crippen LogP contribution is 2.26. The third-order valence-corrected chi connectivity index (χ3v) is 2.98. The van der Waals surface area contributed by atoms with Crippen LogP contribution in [0.15, 0.2) is 18.2 Å². The number of benzene rings is 1. The molecule has 4 nitrogen and oxygen atoms in total. The van der Waals surface area contributed by atoms with Gasteiger partial charge in [0.1, 0.15) is 0 Å². The van der Waals surface area contributed by atoms with Crippen LogP contribution in [0.2, 0.25) is 5.02 Å². The third-order valence-electron chi connectivity index (χ3n) is 2.55. The number of hydrazine groups is 1. The van der Waals surface area contributed by atoms with Crippen molar-refractivity contribution < 1.29 is 4.79 Å². The molecule has 0 aromatic heterocycles. The largest absolute Gasteiger partial charge is 0.331 e. The Balaban J connectivity index is 2.54. The molecule has 0 bridgehead atoms. The number of rotatable bonds is 0. The summed E-state index contributed by atoms with van der Waals surface area (Å²) in [5.41, 5.74) is 3.67. The second kappa shape index (κ2) is 4.40. The SMILES string of the molecule is CC(C)(C)N1NC(=S)Nc2ccc(Cl)cc2C1=O. The number of carbonyl (C=O) groups is 1. The number of hydrogen-bond donors (Lipinski definition) is 2. The standard InChI is InChI=1S/C12H14ClN3OS/c1-12(2,3)16-10(17)8-6-7(13)4-5-9(8)14-11(18)15-16/h4-6H,1-3H3,(H2,14,15,18). The first-order valence-corrected chi connectivity index (χ1v) is 6.29. The van der Waals surface area contributed by atoms with E-state index in [9.17, 15) is 4.79 Å². The molecule has 6 heteroatoms. The van der Waals surface area contributed by atoms with Crippen LogP contribution in [0.5, 0.6) is 0 Å². The quantitative estimate of drug-likeness (QED) is 0.719. The molecule has 18 heavy (non-hydrogen) atoms. The van der Waals surface area contributed by atoms with E-state index in [-0.39, 0.29) is 5.91 Å². The minimum Gasteiger partial charge on any atom is -0.331 e. The van der Waals surface area contributed by atoms with Crippen LogP contribution in [0.1, 0.15) is 31.1 Å². The van der Waals surface area contributed by atoms with Gasteiger partial charge in [-0.25, -0.2) is 5.01 Å². The van der Waals surface area contributed by atoms with Crippen LogP contribution in [0.3, 0.4) is 0 Å². The topological polar surface area (TPSA) is 44.4 Å². The average molecular weight is 284 g/mol. The number of thiocarbonyl (C=S) groups is 1. The monoisotopic (exact) mass is 283 g/mol. The summed E-state index contributed by atoms with van der Waals surface area (Å²) in [7, 11) is 0. The highest BCUT2D eigenvalue weighted by Gasteiger charge is 2.32. The van der Waals surface area contributed by atoms with Crippen molar-refractivity contribution in [2.75, 3.05) is 5.32 Å². The van der Waals surface area contributed by atoms with Gasteiger partial charge < -0.3 is 5.32 Å². The van der Waals surface area contributed by atoms with Gasteiger partial charge in [-0.2, -0.15) is 0 Å². The number of halogens is 1. The highest BCUT2D eigenvalue weighted by molar-refractivity contribution is 7.80. The van der Waals surface area contributed by atoms with Gasteiger partial charge in [0.05, 0.1) is 16.8 Å². The van der Waals surface area contributed by atoms with Crippen LogP contribution in [-0.2, 0) is 0 Å². The Kier molecular flexibility index (Phi) is 3.21. The summed E-state index contributed by atoms with van der Waals surface area (Å²) in [6.45, 7) is 5.78. The molecule has 1 aromatic rings. The zero-order valence-electron chi connectivity index (χ0n) is 10.4. The van der Waals surface area contributed by atoms with Gasteiger partial charge in [-0.3, -0.25) is 10.2 Å². The van der Waals surface area contributed by atoms with Crippen molar-refractivity contribution in [1.82, 2.24) is 10.4 Å². The maximum absolute atomic E-state index is 12.5. The first-order chi connectivity index (χ1) is 8.29. The zero-order valence-corrected chi connectivity index (χ0v) is 11.9.